The predicted molar refractivity (Wildman–Crippen MR) is 80.6 cm³/mol. The van der Waals surface area contributed by atoms with Gasteiger partial charge in [-0.15, -0.1) is 0 Å². The number of aryl methyl sites for hydroxylation is 1. The summed E-state index contributed by atoms with van der Waals surface area (Å²) in [6, 6.07) is 13.9. The van der Waals surface area contributed by atoms with E-state index in [0.29, 0.717) is 6.42 Å². The van der Waals surface area contributed by atoms with Crippen molar-refractivity contribution >= 4 is 0 Å². The predicted octanol–water partition coefficient (Wildman–Crippen LogP) is 2.75. The summed E-state index contributed by atoms with van der Waals surface area (Å²) in [6.07, 6.45) is 0.293. The largest absolute Gasteiger partial charge is 0.490 e. The van der Waals surface area contributed by atoms with E-state index in [0.717, 1.165) is 11.1 Å². The monoisotopic (exact) mass is 289 g/mol. The Balaban J connectivity index is 2.02. The normalized spacial score (nSPS) is 13.7. The second kappa shape index (κ2) is 6.70. The first-order valence-corrected chi connectivity index (χ1v) is 6.92. The maximum Gasteiger partial charge on any atom is 0.165 e. The van der Waals surface area contributed by atoms with E-state index in [1.807, 2.05) is 37.3 Å². The van der Waals surface area contributed by atoms with Crippen molar-refractivity contribution < 1.29 is 14.2 Å². The highest BCUT2D eigenvalue weighted by Gasteiger charge is 2.27. The van der Waals surface area contributed by atoms with E-state index in [9.17, 15) is 9.50 Å². The first-order valence-electron chi connectivity index (χ1n) is 6.92. The maximum absolute atomic E-state index is 13.6. The molecule has 0 spiro atoms. The molecule has 0 saturated carbocycles. The van der Waals surface area contributed by atoms with Crippen LogP contribution in [0.1, 0.15) is 17.5 Å². The molecule has 0 amide bonds. The lowest BCUT2D eigenvalue weighted by molar-refractivity contribution is 0.0228. The van der Waals surface area contributed by atoms with Gasteiger partial charge >= 0.3 is 0 Å². The van der Waals surface area contributed by atoms with E-state index in [-0.39, 0.29) is 18.9 Å². The van der Waals surface area contributed by atoms with Crippen LogP contribution in [0.25, 0.3) is 0 Å². The van der Waals surface area contributed by atoms with E-state index in [4.69, 9.17) is 10.5 Å². The molecule has 2 aromatic carbocycles. The lowest BCUT2D eigenvalue weighted by Crippen LogP contribution is -2.36. The van der Waals surface area contributed by atoms with E-state index in [1.54, 1.807) is 12.1 Å². The summed E-state index contributed by atoms with van der Waals surface area (Å²) in [7, 11) is 0. The molecule has 112 valence electrons. The number of aliphatic hydroxyl groups is 1. The molecule has 0 aliphatic rings. The van der Waals surface area contributed by atoms with Crippen LogP contribution in [0.3, 0.4) is 0 Å². The summed E-state index contributed by atoms with van der Waals surface area (Å²) in [5, 5.41) is 10.6. The maximum atomic E-state index is 13.6. The number of hydrogen-bond donors (Lipinski definition) is 2. The first kappa shape index (κ1) is 15.5. The van der Waals surface area contributed by atoms with Crippen molar-refractivity contribution in [3.05, 3.63) is 65.5 Å². The van der Waals surface area contributed by atoms with E-state index >= 15 is 0 Å². The molecular formula is C17H20FNO2. The summed E-state index contributed by atoms with van der Waals surface area (Å²) in [4.78, 5) is 0. The Hall–Kier alpha value is -1.91. The number of rotatable bonds is 6. The summed E-state index contributed by atoms with van der Waals surface area (Å²) < 4.78 is 19.0. The van der Waals surface area contributed by atoms with Gasteiger partial charge in [-0.05, 0) is 30.2 Å². The molecule has 2 rings (SSSR count). The zero-order chi connectivity index (χ0) is 15.3. The molecule has 2 aromatic rings. The highest BCUT2D eigenvalue weighted by molar-refractivity contribution is 5.29. The molecule has 0 radical (unpaired) electrons. The zero-order valence-corrected chi connectivity index (χ0v) is 12.1. The number of ether oxygens (including phenoxy) is 1. The van der Waals surface area contributed by atoms with Gasteiger partial charge in [-0.1, -0.05) is 36.4 Å². The Bertz CT molecular complexity index is 589. The van der Waals surface area contributed by atoms with E-state index in [1.165, 1.54) is 6.07 Å². The van der Waals surface area contributed by atoms with Crippen LogP contribution in [-0.2, 0) is 5.60 Å². The van der Waals surface area contributed by atoms with Gasteiger partial charge in [0.2, 0.25) is 0 Å². The van der Waals surface area contributed by atoms with Gasteiger partial charge in [0.05, 0.1) is 6.61 Å². The molecule has 4 heteroatoms. The van der Waals surface area contributed by atoms with Crippen molar-refractivity contribution in [1.82, 2.24) is 0 Å². The Labute approximate surface area is 124 Å². The lowest BCUT2D eigenvalue weighted by Gasteiger charge is -2.27. The number of halogens is 1. The molecule has 0 fully saturated rings. The summed E-state index contributed by atoms with van der Waals surface area (Å²) in [6.45, 7) is 2.13. The Morgan fingerprint density at radius 2 is 1.90 bits per heavy atom. The topological polar surface area (TPSA) is 55.5 Å². The van der Waals surface area contributed by atoms with Gasteiger partial charge in [0.25, 0.3) is 0 Å². The third kappa shape index (κ3) is 3.80. The van der Waals surface area contributed by atoms with Crippen LogP contribution in [0.5, 0.6) is 5.75 Å². The quantitative estimate of drug-likeness (QED) is 0.859. The minimum Gasteiger partial charge on any atom is -0.490 e. The molecule has 3 N–H and O–H groups in total. The minimum atomic E-state index is -1.17. The summed E-state index contributed by atoms with van der Waals surface area (Å²) in [5.41, 5.74) is 6.18. The second-order valence-corrected chi connectivity index (χ2v) is 5.13. The Kier molecular flexibility index (Phi) is 4.94. The minimum absolute atomic E-state index is 0.0800. The van der Waals surface area contributed by atoms with Gasteiger partial charge in [0.15, 0.2) is 11.6 Å². The SMILES string of the molecule is Cc1ccc(F)c(OCCC(O)(CN)c2ccccc2)c1. The van der Waals surface area contributed by atoms with Crippen LogP contribution in [0.2, 0.25) is 0 Å². The van der Waals surface area contributed by atoms with Gasteiger partial charge in [0, 0.05) is 13.0 Å². The molecule has 21 heavy (non-hydrogen) atoms. The molecule has 0 aliphatic heterocycles. The smallest absolute Gasteiger partial charge is 0.165 e. The fourth-order valence-electron chi connectivity index (χ4n) is 2.16. The molecule has 0 bridgehead atoms. The van der Waals surface area contributed by atoms with Crippen molar-refractivity contribution in [2.75, 3.05) is 13.2 Å². The molecule has 0 aliphatic carbocycles. The molecule has 0 saturated heterocycles. The lowest BCUT2D eigenvalue weighted by atomic mass is 9.91. The van der Waals surface area contributed by atoms with E-state index in [2.05, 4.69) is 0 Å². The average Bonchev–Trinajstić information content (AvgIpc) is 2.51. The Morgan fingerprint density at radius 3 is 2.57 bits per heavy atom. The molecule has 0 heterocycles. The molecule has 1 unspecified atom stereocenters. The van der Waals surface area contributed by atoms with Gasteiger partial charge < -0.3 is 15.6 Å². The summed E-state index contributed by atoms with van der Waals surface area (Å²) in [5.74, 6) is -0.209. The average molecular weight is 289 g/mol. The third-order valence-electron chi connectivity index (χ3n) is 3.51. The molecule has 3 nitrogen and oxygen atoms in total. The van der Waals surface area contributed by atoms with Crippen molar-refractivity contribution in [2.45, 2.75) is 18.9 Å². The fraction of sp³-hybridized carbons (Fsp3) is 0.294. The Morgan fingerprint density at radius 1 is 1.19 bits per heavy atom. The van der Waals surface area contributed by atoms with Gasteiger partial charge in [-0.25, -0.2) is 4.39 Å². The highest BCUT2D eigenvalue weighted by atomic mass is 19.1. The fourth-order valence-corrected chi connectivity index (χ4v) is 2.16. The van der Waals surface area contributed by atoms with Crippen LogP contribution >= 0.6 is 0 Å². The summed E-state index contributed by atoms with van der Waals surface area (Å²) >= 11 is 0. The van der Waals surface area contributed by atoms with Crippen LogP contribution in [0.15, 0.2) is 48.5 Å². The van der Waals surface area contributed by atoms with Crippen molar-refractivity contribution in [3.63, 3.8) is 0 Å². The van der Waals surface area contributed by atoms with Crippen LogP contribution in [0, 0.1) is 12.7 Å². The van der Waals surface area contributed by atoms with Gasteiger partial charge in [-0.3, -0.25) is 0 Å². The highest BCUT2D eigenvalue weighted by Crippen LogP contribution is 2.25. The van der Waals surface area contributed by atoms with Gasteiger partial charge in [0.1, 0.15) is 5.60 Å². The standard InChI is InChI=1S/C17H20FNO2/c1-13-7-8-15(18)16(11-13)21-10-9-17(20,12-19)14-5-3-2-4-6-14/h2-8,11,20H,9-10,12,19H2,1H3. The van der Waals surface area contributed by atoms with Crippen LogP contribution in [0.4, 0.5) is 4.39 Å². The molecular weight excluding hydrogens is 269 g/mol. The second-order valence-electron chi connectivity index (χ2n) is 5.13. The first-order chi connectivity index (χ1) is 10.0. The zero-order valence-electron chi connectivity index (χ0n) is 12.1. The number of hydrogen-bond acceptors (Lipinski definition) is 3. The molecule has 0 aromatic heterocycles. The number of benzene rings is 2. The number of nitrogens with two attached hydrogens (primary N) is 1. The van der Waals surface area contributed by atoms with Crippen molar-refractivity contribution in [3.8, 4) is 5.75 Å². The molecule has 1 atom stereocenters. The van der Waals surface area contributed by atoms with Crippen LogP contribution < -0.4 is 10.5 Å². The van der Waals surface area contributed by atoms with E-state index < -0.39 is 11.4 Å². The third-order valence-corrected chi connectivity index (χ3v) is 3.51. The van der Waals surface area contributed by atoms with Crippen molar-refractivity contribution in [1.29, 1.82) is 0 Å². The van der Waals surface area contributed by atoms with Gasteiger partial charge in [-0.2, -0.15) is 0 Å². The van der Waals surface area contributed by atoms with Crippen LogP contribution in [-0.4, -0.2) is 18.3 Å². The van der Waals surface area contributed by atoms with Crippen molar-refractivity contribution in [2.24, 2.45) is 5.73 Å².